The molecule has 1 aliphatic rings. The van der Waals surface area contributed by atoms with Gasteiger partial charge in [-0.1, -0.05) is 18.2 Å². The van der Waals surface area contributed by atoms with Crippen LogP contribution in [0.15, 0.2) is 53.5 Å². The first-order valence-electron chi connectivity index (χ1n) is 11.2. The van der Waals surface area contributed by atoms with Gasteiger partial charge in [-0.3, -0.25) is 14.4 Å². The van der Waals surface area contributed by atoms with Gasteiger partial charge >= 0.3 is 5.97 Å². The van der Waals surface area contributed by atoms with E-state index in [1.54, 1.807) is 17.4 Å². The summed E-state index contributed by atoms with van der Waals surface area (Å²) in [5, 5.41) is 12.9. The Morgan fingerprint density at radius 2 is 1.89 bits per heavy atom. The molecule has 0 radical (unpaired) electrons. The number of hydrogen-bond donors (Lipinski definition) is 1. The van der Waals surface area contributed by atoms with Gasteiger partial charge in [0.1, 0.15) is 22.7 Å². The van der Waals surface area contributed by atoms with E-state index >= 15 is 0 Å². The maximum atomic E-state index is 13.6. The second kappa shape index (κ2) is 9.07. The monoisotopic (exact) mass is 489 g/mol. The molecule has 2 aromatic heterocycles. The van der Waals surface area contributed by atoms with Gasteiger partial charge in [0, 0.05) is 27.4 Å². The standard InChI is InChI=1S/C26H24FN5O2S/c1-14-15(2)35-26-23(14)24(29-21(13-22(33)34-4)25-31-30-16(3)32(25)26)17-8-10-19(11-9-17)28-20-7-5-6-18(27)12-20/h5-12,21,28H,13H2,1-4H3/t21-/m0/s1. The Labute approximate surface area is 206 Å². The Morgan fingerprint density at radius 1 is 1.11 bits per heavy atom. The fraction of sp³-hybridized carbons (Fsp3) is 0.231. The largest absolute Gasteiger partial charge is 0.469 e. The summed E-state index contributed by atoms with van der Waals surface area (Å²) in [4.78, 5) is 18.5. The topological polar surface area (TPSA) is 81.4 Å². The average molecular weight is 490 g/mol. The van der Waals surface area contributed by atoms with Gasteiger partial charge < -0.3 is 10.1 Å². The van der Waals surface area contributed by atoms with Crippen molar-refractivity contribution in [2.24, 2.45) is 4.99 Å². The number of nitrogens with zero attached hydrogens (tertiary/aromatic N) is 4. The zero-order valence-corrected chi connectivity index (χ0v) is 20.6. The molecule has 0 unspecified atom stereocenters. The first-order chi connectivity index (χ1) is 16.9. The van der Waals surface area contributed by atoms with Crippen LogP contribution in [0.3, 0.4) is 0 Å². The van der Waals surface area contributed by atoms with Crippen molar-refractivity contribution in [3.8, 4) is 5.00 Å². The van der Waals surface area contributed by atoms with Crippen LogP contribution in [-0.4, -0.2) is 33.6 Å². The molecule has 1 atom stereocenters. The highest BCUT2D eigenvalue weighted by molar-refractivity contribution is 7.15. The van der Waals surface area contributed by atoms with E-state index in [0.717, 1.165) is 38.9 Å². The van der Waals surface area contributed by atoms with E-state index in [1.165, 1.54) is 24.1 Å². The van der Waals surface area contributed by atoms with Crippen molar-refractivity contribution in [3.05, 3.63) is 87.6 Å². The van der Waals surface area contributed by atoms with E-state index in [0.29, 0.717) is 11.5 Å². The molecule has 9 heteroatoms. The second-order valence-corrected chi connectivity index (χ2v) is 9.59. The zero-order chi connectivity index (χ0) is 24.7. The van der Waals surface area contributed by atoms with E-state index in [4.69, 9.17) is 9.73 Å². The molecule has 5 rings (SSSR count). The van der Waals surface area contributed by atoms with Crippen LogP contribution in [0.25, 0.3) is 5.00 Å². The number of benzene rings is 2. The van der Waals surface area contributed by atoms with Crippen molar-refractivity contribution in [1.82, 2.24) is 14.8 Å². The third-order valence-electron chi connectivity index (χ3n) is 6.10. The molecule has 1 N–H and O–H groups in total. The van der Waals surface area contributed by atoms with E-state index in [-0.39, 0.29) is 18.2 Å². The Balaban J connectivity index is 1.60. The van der Waals surface area contributed by atoms with Crippen molar-refractivity contribution >= 4 is 34.4 Å². The molecule has 178 valence electrons. The molecule has 3 heterocycles. The van der Waals surface area contributed by atoms with Crippen molar-refractivity contribution in [2.75, 3.05) is 12.4 Å². The van der Waals surface area contributed by atoms with Crippen molar-refractivity contribution < 1.29 is 13.9 Å². The molecule has 1 aliphatic heterocycles. The molecular formula is C26H24FN5O2S. The zero-order valence-electron chi connectivity index (χ0n) is 19.8. The van der Waals surface area contributed by atoms with Crippen LogP contribution < -0.4 is 5.32 Å². The van der Waals surface area contributed by atoms with Crippen LogP contribution in [0.4, 0.5) is 15.8 Å². The number of carbonyl (C=O) groups is 1. The van der Waals surface area contributed by atoms with E-state index in [1.807, 2.05) is 41.8 Å². The van der Waals surface area contributed by atoms with Gasteiger partial charge in [0.2, 0.25) is 0 Å². The van der Waals surface area contributed by atoms with Gasteiger partial charge in [0.15, 0.2) is 5.82 Å². The minimum absolute atomic E-state index is 0.0598. The van der Waals surface area contributed by atoms with Crippen LogP contribution in [0, 0.1) is 26.6 Å². The number of methoxy groups -OCH3 is 1. The number of hydrogen-bond acceptors (Lipinski definition) is 7. The van der Waals surface area contributed by atoms with E-state index in [2.05, 4.69) is 29.4 Å². The van der Waals surface area contributed by atoms with Gasteiger partial charge in [-0.05, 0) is 56.7 Å². The number of aromatic nitrogens is 3. The maximum Gasteiger partial charge on any atom is 0.308 e. The Bertz CT molecular complexity index is 1460. The number of thiophene rings is 1. The number of halogens is 1. The lowest BCUT2D eigenvalue weighted by Gasteiger charge is -2.12. The van der Waals surface area contributed by atoms with E-state index < -0.39 is 6.04 Å². The maximum absolute atomic E-state index is 13.6. The van der Waals surface area contributed by atoms with Crippen LogP contribution >= 0.6 is 11.3 Å². The van der Waals surface area contributed by atoms with Crippen molar-refractivity contribution in [1.29, 1.82) is 0 Å². The highest BCUT2D eigenvalue weighted by Gasteiger charge is 2.32. The lowest BCUT2D eigenvalue weighted by Crippen LogP contribution is -2.12. The third kappa shape index (κ3) is 4.23. The van der Waals surface area contributed by atoms with Crippen molar-refractivity contribution in [3.63, 3.8) is 0 Å². The van der Waals surface area contributed by atoms with Crippen molar-refractivity contribution in [2.45, 2.75) is 33.2 Å². The molecule has 0 spiro atoms. The quantitative estimate of drug-likeness (QED) is 0.370. The Hall–Kier alpha value is -3.85. The normalized spacial score (nSPS) is 14.5. The predicted octanol–water partition coefficient (Wildman–Crippen LogP) is 5.59. The second-order valence-electron chi connectivity index (χ2n) is 8.39. The Kier molecular flexibility index (Phi) is 5.94. The summed E-state index contributed by atoms with van der Waals surface area (Å²) < 4.78 is 20.5. The van der Waals surface area contributed by atoms with Crippen LogP contribution in [0.1, 0.15) is 45.7 Å². The summed E-state index contributed by atoms with van der Waals surface area (Å²) in [5.41, 5.74) is 5.33. The smallest absolute Gasteiger partial charge is 0.308 e. The highest BCUT2D eigenvalue weighted by Crippen LogP contribution is 2.39. The van der Waals surface area contributed by atoms with Gasteiger partial charge in [-0.2, -0.15) is 0 Å². The molecule has 0 bridgehead atoms. The van der Waals surface area contributed by atoms with Gasteiger partial charge in [0.05, 0.1) is 19.2 Å². The summed E-state index contributed by atoms with van der Waals surface area (Å²) in [6, 6.07) is 13.6. The number of anilines is 2. The SMILES string of the molecule is COC(=O)C[C@@H]1N=C(c2ccc(Nc3cccc(F)c3)cc2)c2c(sc(C)c2C)-n2c(C)nnc21. The minimum atomic E-state index is -0.539. The van der Waals surface area contributed by atoms with Gasteiger partial charge in [-0.25, -0.2) is 4.39 Å². The summed E-state index contributed by atoms with van der Waals surface area (Å²) >= 11 is 1.66. The number of fused-ring (bicyclic) bond motifs is 3. The fourth-order valence-electron chi connectivity index (χ4n) is 4.21. The Morgan fingerprint density at radius 3 is 2.60 bits per heavy atom. The van der Waals surface area contributed by atoms with Crippen LogP contribution in [-0.2, 0) is 9.53 Å². The van der Waals surface area contributed by atoms with Gasteiger partial charge in [0.25, 0.3) is 0 Å². The summed E-state index contributed by atoms with van der Waals surface area (Å²) in [6.07, 6.45) is 0.0598. The highest BCUT2D eigenvalue weighted by atomic mass is 32.1. The molecule has 4 aromatic rings. The lowest BCUT2D eigenvalue weighted by molar-refractivity contribution is -0.141. The van der Waals surface area contributed by atoms with Crippen LogP contribution in [0.2, 0.25) is 0 Å². The summed E-state index contributed by atoms with van der Waals surface area (Å²) in [6.45, 7) is 6.07. The number of rotatable bonds is 5. The molecular weight excluding hydrogens is 465 g/mol. The first kappa shape index (κ1) is 22.9. The molecule has 35 heavy (non-hydrogen) atoms. The fourth-order valence-corrected chi connectivity index (χ4v) is 5.42. The molecule has 0 fully saturated rings. The molecule has 7 nitrogen and oxygen atoms in total. The molecule has 0 aliphatic carbocycles. The third-order valence-corrected chi connectivity index (χ3v) is 7.29. The number of nitrogens with one attached hydrogen (secondary N) is 1. The van der Waals surface area contributed by atoms with E-state index in [9.17, 15) is 9.18 Å². The summed E-state index contributed by atoms with van der Waals surface area (Å²) in [7, 11) is 1.37. The number of aliphatic imine (C=N–C) groups is 1. The van der Waals surface area contributed by atoms with Crippen LogP contribution in [0.5, 0.6) is 0 Å². The predicted molar refractivity (Wildman–Crippen MR) is 135 cm³/mol. The minimum Gasteiger partial charge on any atom is -0.469 e. The first-order valence-corrected chi connectivity index (χ1v) is 12.0. The summed E-state index contributed by atoms with van der Waals surface area (Å²) in [5.74, 6) is 0.700. The number of aryl methyl sites for hydroxylation is 2. The molecule has 0 saturated heterocycles. The molecule has 0 saturated carbocycles. The van der Waals surface area contributed by atoms with Gasteiger partial charge in [-0.15, -0.1) is 21.5 Å². The number of esters is 1. The molecule has 2 aromatic carbocycles. The lowest BCUT2D eigenvalue weighted by atomic mass is 9.99. The average Bonchev–Trinajstić information content (AvgIpc) is 3.31. The number of carbonyl (C=O) groups excluding carboxylic acids is 1. The molecule has 0 amide bonds. The number of ether oxygens (including phenoxy) is 1.